The molecule has 114 valence electrons. The van der Waals surface area contributed by atoms with Crippen molar-refractivity contribution in [3.63, 3.8) is 0 Å². The Hall–Kier alpha value is -1.10. The maximum Gasteiger partial charge on any atom is 0.303 e. The van der Waals surface area contributed by atoms with Crippen molar-refractivity contribution >= 4 is 11.9 Å². The third kappa shape index (κ3) is 4.47. The molecule has 5 heteroatoms. The molecule has 0 unspecified atom stereocenters. The van der Waals surface area contributed by atoms with E-state index in [0.29, 0.717) is 19.3 Å². The standard InChI is InChI=1S/C15H26N2O3/c18-14(7-3-4-8-15(19)20)17-11-9-16(10-12-17)13-5-1-2-6-13/h13H,1-12H2,(H,19,20). The van der Waals surface area contributed by atoms with E-state index in [0.717, 1.165) is 32.2 Å². The smallest absolute Gasteiger partial charge is 0.303 e. The molecule has 1 N–H and O–H groups in total. The van der Waals surface area contributed by atoms with Crippen LogP contribution in [0, 0.1) is 0 Å². The highest BCUT2D eigenvalue weighted by molar-refractivity contribution is 5.76. The minimum atomic E-state index is -0.775. The molecule has 0 aromatic carbocycles. The van der Waals surface area contributed by atoms with Gasteiger partial charge in [-0.25, -0.2) is 0 Å². The number of hydrogen-bond donors (Lipinski definition) is 1. The molecule has 0 aromatic heterocycles. The van der Waals surface area contributed by atoms with E-state index in [1.807, 2.05) is 4.90 Å². The largest absolute Gasteiger partial charge is 0.481 e. The van der Waals surface area contributed by atoms with Gasteiger partial charge in [0.15, 0.2) is 0 Å². The zero-order chi connectivity index (χ0) is 14.4. The Kier molecular flexibility index (Phi) is 5.83. The number of rotatable bonds is 6. The Labute approximate surface area is 120 Å². The van der Waals surface area contributed by atoms with Crippen molar-refractivity contribution in [2.75, 3.05) is 26.2 Å². The Morgan fingerprint density at radius 1 is 0.950 bits per heavy atom. The van der Waals surface area contributed by atoms with E-state index in [9.17, 15) is 9.59 Å². The first-order valence-corrected chi connectivity index (χ1v) is 7.90. The first kappa shape index (κ1) is 15.3. The van der Waals surface area contributed by atoms with E-state index in [-0.39, 0.29) is 12.3 Å². The zero-order valence-electron chi connectivity index (χ0n) is 12.2. The molecule has 1 saturated heterocycles. The van der Waals surface area contributed by atoms with Crippen molar-refractivity contribution in [1.29, 1.82) is 0 Å². The molecule has 1 aliphatic carbocycles. The van der Waals surface area contributed by atoms with Crippen molar-refractivity contribution in [2.45, 2.75) is 57.4 Å². The molecule has 1 aliphatic heterocycles. The first-order valence-electron chi connectivity index (χ1n) is 7.90. The van der Waals surface area contributed by atoms with E-state index >= 15 is 0 Å². The number of carboxylic acid groups (broad SMARTS) is 1. The molecule has 2 aliphatic rings. The van der Waals surface area contributed by atoms with Gasteiger partial charge in [-0.1, -0.05) is 12.8 Å². The summed E-state index contributed by atoms with van der Waals surface area (Å²) in [6.45, 7) is 3.69. The van der Waals surface area contributed by atoms with Crippen molar-refractivity contribution in [3.8, 4) is 0 Å². The van der Waals surface area contributed by atoms with Crippen LogP contribution in [-0.2, 0) is 9.59 Å². The number of hydrogen-bond acceptors (Lipinski definition) is 3. The molecule has 0 radical (unpaired) electrons. The van der Waals surface area contributed by atoms with E-state index in [1.54, 1.807) is 0 Å². The fraction of sp³-hybridized carbons (Fsp3) is 0.867. The molecule has 0 bridgehead atoms. The summed E-state index contributed by atoms with van der Waals surface area (Å²) < 4.78 is 0. The Balaban J connectivity index is 1.62. The molecule has 2 rings (SSSR count). The molecule has 0 aromatic rings. The monoisotopic (exact) mass is 282 g/mol. The highest BCUT2D eigenvalue weighted by atomic mass is 16.4. The highest BCUT2D eigenvalue weighted by Gasteiger charge is 2.27. The van der Waals surface area contributed by atoms with Gasteiger partial charge in [-0.2, -0.15) is 0 Å². The fourth-order valence-electron chi connectivity index (χ4n) is 3.32. The third-order valence-corrected chi connectivity index (χ3v) is 4.54. The predicted octanol–water partition coefficient (Wildman–Crippen LogP) is 1.72. The second kappa shape index (κ2) is 7.62. The van der Waals surface area contributed by atoms with Gasteiger partial charge in [-0.05, 0) is 25.7 Å². The lowest BCUT2D eigenvalue weighted by molar-refractivity contribution is -0.138. The first-order chi connectivity index (χ1) is 9.66. The number of carbonyl (C=O) groups is 2. The quantitative estimate of drug-likeness (QED) is 0.754. The van der Waals surface area contributed by atoms with Crippen LogP contribution in [0.3, 0.4) is 0 Å². The number of unbranched alkanes of at least 4 members (excludes halogenated alkanes) is 1. The molecule has 20 heavy (non-hydrogen) atoms. The van der Waals surface area contributed by atoms with Crippen LogP contribution in [-0.4, -0.2) is 59.0 Å². The Morgan fingerprint density at radius 3 is 2.15 bits per heavy atom. The minimum Gasteiger partial charge on any atom is -0.481 e. The Bertz CT molecular complexity index is 332. The highest BCUT2D eigenvalue weighted by Crippen LogP contribution is 2.24. The predicted molar refractivity (Wildman–Crippen MR) is 76.5 cm³/mol. The third-order valence-electron chi connectivity index (χ3n) is 4.54. The number of piperazine rings is 1. The van der Waals surface area contributed by atoms with Gasteiger partial charge in [-0.3, -0.25) is 14.5 Å². The molecular weight excluding hydrogens is 256 g/mol. The molecular formula is C15H26N2O3. The summed E-state index contributed by atoms with van der Waals surface area (Å²) in [5.41, 5.74) is 0. The van der Waals surface area contributed by atoms with Gasteiger partial charge >= 0.3 is 5.97 Å². The summed E-state index contributed by atoms with van der Waals surface area (Å²) in [6.07, 6.45) is 7.31. The van der Waals surface area contributed by atoms with Crippen molar-refractivity contribution in [3.05, 3.63) is 0 Å². The number of carboxylic acids is 1. The maximum atomic E-state index is 12.0. The van der Waals surface area contributed by atoms with Gasteiger partial charge in [0.05, 0.1) is 0 Å². The topological polar surface area (TPSA) is 60.9 Å². The molecule has 1 amide bonds. The molecule has 0 atom stereocenters. The van der Waals surface area contributed by atoms with Crippen LogP contribution < -0.4 is 0 Å². The average molecular weight is 282 g/mol. The van der Waals surface area contributed by atoms with Gasteiger partial charge < -0.3 is 10.0 Å². The van der Waals surface area contributed by atoms with Crippen LogP contribution in [0.15, 0.2) is 0 Å². The van der Waals surface area contributed by atoms with Crippen molar-refractivity contribution in [1.82, 2.24) is 9.80 Å². The van der Waals surface area contributed by atoms with E-state index < -0.39 is 5.97 Å². The van der Waals surface area contributed by atoms with Crippen LogP contribution in [0.1, 0.15) is 51.4 Å². The van der Waals surface area contributed by atoms with E-state index in [2.05, 4.69) is 4.90 Å². The average Bonchev–Trinajstić information content (AvgIpc) is 2.97. The zero-order valence-corrected chi connectivity index (χ0v) is 12.2. The SMILES string of the molecule is O=C(O)CCCCC(=O)N1CCN(C2CCCC2)CC1. The lowest BCUT2D eigenvalue weighted by Gasteiger charge is -2.38. The summed E-state index contributed by atoms with van der Waals surface area (Å²) in [5.74, 6) is -0.580. The number of nitrogens with zero attached hydrogens (tertiary/aromatic N) is 2. The normalized spacial score (nSPS) is 21.3. The maximum absolute atomic E-state index is 12.0. The molecule has 1 saturated carbocycles. The van der Waals surface area contributed by atoms with Crippen molar-refractivity contribution < 1.29 is 14.7 Å². The molecule has 0 spiro atoms. The van der Waals surface area contributed by atoms with Crippen LogP contribution in [0.5, 0.6) is 0 Å². The van der Waals surface area contributed by atoms with Gasteiger partial charge in [0.25, 0.3) is 0 Å². The fourth-order valence-corrected chi connectivity index (χ4v) is 3.32. The van der Waals surface area contributed by atoms with Crippen LogP contribution in [0.2, 0.25) is 0 Å². The summed E-state index contributed by atoms with van der Waals surface area (Å²) in [6, 6.07) is 0.753. The van der Waals surface area contributed by atoms with Gasteiger partial charge in [0.2, 0.25) is 5.91 Å². The molecule has 2 fully saturated rings. The lowest BCUT2D eigenvalue weighted by atomic mass is 10.1. The summed E-state index contributed by atoms with van der Waals surface area (Å²) in [5, 5.41) is 8.56. The minimum absolute atomic E-state index is 0.169. The number of carbonyl (C=O) groups excluding carboxylic acids is 1. The molecule has 5 nitrogen and oxygen atoms in total. The Morgan fingerprint density at radius 2 is 1.55 bits per heavy atom. The van der Waals surface area contributed by atoms with E-state index in [4.69, 9.17) is 5.11 Å². The second-order valence-corrected chi connectivity index (χ2v) is 5.96. The van der Waals surface area contributed by atoms with Crippen LogP contribution >= 0.6 is 0 Å². The number of amides is 1. The second-order valence-electron chi connectivity index (χ2n) is 5.96. The molecule has 1 heterocycles. The van der Waals surface area contributed by atoms with Gasteiger partial charge in [0, 0.05) is 45.1 Å². The van der Waals surface area contributed by atoms with Gasteiger partial charge in [0.1, 0.15) is 0 Å². The van der Waals surface area contributed by atoms with Crippen molar-refractivity contribution in [2.24, 2.45) is 0 Å². The van der Waals surface area contributed by atoms with Gasteiger partial charge in [-0.15, -0.1) is 0 Å². The van der Waals surface area contributed by atoms with E-state index in [1.165, 1.54) is 25.7 Å². The number of aliphatic carboxylic acids is 1. The lowest BCUT2D eigenvalue weighted by Crippen LogP contribution is -2.51. The summed E-state index contributed by atoms with van der Waals surface area (Å²) in [4.78, 5) is 26.9. The van der Waals surface area contributed by atoms with Crippen LogP contribution in [0.25, 0.3) is 0 Å². The summed E-state index contributed by atoms with van der Waals surface area (Å²) in [7, 11) is 0. The van der Waals surface area contributed by atoms with Crippen LogP contribution in [0.4, 0.5) is 0 Å². The summed E-state index contributed by atoms with van der Waals surface area (Å²) >= 11 is 0.